The van der Waals surface area contributed by atoms with Crippen molar-refractivity contribution in [3.05, 3.63) is 47.6 Å². The molecule has 3 aromatic rings. The van der Waals surface area contributed by atoms with Gasteiger partial charge in [-0.2, -0.15) is 0 Å². The zero-order chi connectivity index (χ0) is 20.0. The first-order chi connectivity index (χ1) is 14.1. The number of carbonyl (C=O) groups excluding carboxylic acids is 1. The molecule has 152 valence electrons. The van der Waals surface area contributed by atoms with Crippen LogP contribution in [0.1, 0.15) is 18.4 Å². The van der Waals surface area contributed by atoms with E-state index in [0.29, 0.717) is 18.3 Å². The Labute approximate surface area is 174 Å². The zero-order valence-electron chi connectivity index (χ0n) is 16.5. The number of anilines is 1. The highest BCUT2D eigenvalue weighted by Gasteiger charge is 2.42. The molecule has 0 unspecified atom stereocenters. The second kappa shape index (κ2) is 7.46. The Morgan fingerprint density at radius 2 is 2.07 bits per heavy atom. The van der Waals surface area contributed by atoms with E-state index in [9.17, 15) is 9.90 Å². The van der Waals surface area contributed by atoms with Gasteiger partial charge in [0.05, 0.1) is 18.6 Å². The van der Waals surface area contributed by atoms with E-state index in [-0.39, 0.29) is 11.9 Å². The Morgan fingerprint density at radius 1 is 1.28 bits per heavy atom. The SMILES string of the molecule is Cn1cc(CC(=O)N[C@H]2C[C@H]3CN(c4nccs4)C[C@H]3C[C@@H]2O)c2ccccc21. The number of rotatable bonds is 4. The van der Waals surface area contributed by atoms with Gasteiger partial charge in [0, 0.05) is 48.8 Å². The summed E-state index contributed by atoms with van der Waals surface area (Å²) < 4.78 is 2.06. The van der Waals surface area contributed by atoms with Gasteiger partial charge >= 0.3 is 0 Å². The summed E-state index contributed by atoms with van der Waals surface area (Å²) in [6.45, 7) is 1.91. The van der Waals surface area contributed by atoms with Crippen LogP contribution in [0.25, 0.3) is 10.9 Å². The van der Waals surface area contributed by atoms with Crippen LogP contribution in [0.5, 0.6) is 0 Å². The molecular weight excluding hydrogens is 384 g/mol. The van der Waals surface area contributed by atoms with E-state index in [1.54, 1.807) is 11.3 Å². The number of aliphatic hydroxyl groups excluding tert-OH is 1. The quantitative estimate of drug-likeness (QED) is 0.694. The van der Waals surface area contributed by atoms with Crippen molar-refractivity contribution < 1.29 is 9.90 Å². The van der Waals surface area contributed by atoms with Crippen molar-refractivity contribution >= 4 is 33.3 Å². The number of hydrogen-bond acceptors (Lipinski definition) is 5. The van der Waals surface area contributed by atoms with Gasteiger partial charge < -0.3 is 19.9 Å². The van der Waals surface area contributed by atoms with Crippen molar-refractivity contribution in [1.82, 2.24) is 14.9 Å². The van der Waals surface area contributed by atoms with E-state index in [0.717, 1.165) is 47.5 Å². The number of aryl methyl sites for hydroxylation is 1. The highest BCUT2D eigenvalue weighted by Crippen LogP contribution is 2.39. The number of nitrogens with one attached hydrogen (secondary N) is 1. The molecule has 0 bridgehead atoms. The van der Waals surface area contributed by atoms with Crippen LogP contribution in [0.15, 0.2) is 42.0 Å². The minimum atomic E-state index is -0.482. The summed E-state index contributed by atoms with van der Waals surface area (Å²) in [7, 11) is 2.00. The third kappa shape index (κ3) is 3.53. The predicted octanol–water partition coefficient (Wildman–Crippen LogP) is 2.57. The fourth-order valence-corrected chi connectivity index (χ4v) is 5.77. The zero-order valence-corrected chi connectivity index (χ0v) is 17.3. The summed E-state index contributed by atoms with van der Waals surface area (Å²) >= 11 is 1.66. The molecule has 1 saturated carbocycles. The fourth-order valence-electron chi connectivity index (χ4n) is 5.11. The first-order valence-electron chi connectivity index (χ1n) is 10.2. The van der Waals surface area contributed by atoms with Gasteiger partial charge in [-0.3, -0.25) is 4.79 Å². The lowest BCUT2D eigenvalue weighted by Gasteiger charge is -2.35. The number of para-hydroxylation sites is 1. The molecule has 1 aliphatic heterocycles. The largest absolute Gasteiger partial charge is 0.391 e. The molecule has 6 nitrogen and oxygen atoms in total. The smallest absolute Gasteiger partial charge is 0.224 e. The Balaban J connectivity index is 1.24. The molecule has 29 heavy (non-hydrogen) atoms. The maximum atomic E-state index is 12.8. The lowest BCUT2D eigenvalue weighted by atomic mass is 9.77. The maximum absolute atomic E-state index is 12.8. The lowest BCUT2D eigenvalue weighted by molar-refractivity contribution is -0.122. The first-order valence-corrected chi connectivity index (χ1v) is 11.1. The number of amides is 1. The summed E-state index contributed by atoms with van der Waals surface area (Å²) in [5, 5.41) is 18.0. The summed E-state index contributed by atoms with van der Waals surface area (Å²) in [6.07, 6.45) is 5.29. The van der Waals surface area contributed by atoms with Crippen LogP contribution < -0.4 is 10.2 Å². The average molecular weight is 411 g/mol. The molecule has 2 aromatic heterocycles. The van der Waals surface area contributed by atoms with E-state index in [2.05, 4.69) is 31.9 Å². The van der Waals surface area contributed by atoms with Gasteiger partial charge in [-0.1, -0.05) is 18.2 Å². The third-order valence-electron chi connectivity index (χ3n) is 6.51. The molecule has 2 aliphatic rings. The molecular formula is C22H26N4O2S. The summed E-state index contributed by atoms with van der Waals surface area (Å²) in [5.41, 5.74) is 2.16. The number of aromatic nitrogens is 2. The molecule has 1 saturated heterocycles. The highest BCUT2D eigenvalue weighted by molar-refractivity contribution is 7.13. The van der Waals surface area contributed by atoms with Crippen molar-refractivity contribution in [2.24, 2.45) is 18.9 Å². The Morgan fingerprint density at radius 3 is 2.86 bits per heavy atom. The lowest BCUT2D eigenvalue weighted by Crippen LogP contribution is -2.49. The van der Waals surface area contributed by atoms with Gasteiger partial charge in [-0.25, -0.2) is 4.98 Å². The monoisotopic (exact) mass is 410 g/mol. The molecule has 0 radical (unpaired) electrons. The van der Waals surface area contributed by atoms with Gasteiger partial charge in [-0.15, -0.1) is 11.3 Å². The number of nitrogens with zero attached hydrogens (tertiary/aromatic N) is 3. The standard InChI is InChI=1S/C22H26N4O2S/c1-25-11-16(17-4-2-3-5-19(17)25)10-21(28)24-18-8-14-12-26(22-23-6-7-29-22)13-15(14)9-20(18)27/h2-7,11,14-15,18,20,27H,8-10,12-13H2,1H3,(H,24,28)/t14-,15+,18-,20-/m0/s1. The second-order valence-electron chi connectivity index (χ2n) is 8.41. The van der Waals surface area contributed by atoms with Gasteiger partial charge in [0.25, 0.3) is 0 Å². The van der Waals surface area contributed by atoms with Crippen LogP contribution in [0.4, 0.5) is 5.13 Å². The predicted molar refractivity (Wildman–Crippen MR) is 115 cm³/mol. The number of benzene rings is 1. The molecule has 2 fully saturated rings. The van der Waals surface area contributed by atoms with E-state index in [4.69, 9.17) is 0 Å². The fraction of sp³-hybridized carbons (Fsp3) is 0.455. The normalized spacial score (nSPS) is 26.6. The van der Waals surface area contributed by atoms with Crippen molar-refractivity contribution in [1.29, 1.82) is 0 Å². The van der Waals surface area contributed by atoms with Crippen molar-refractivity contribution in [2.75, 3.05) is 18.0 Å². The summed E-state index contributed by atoms with van der Waals surface area (Å²) in [4.78, 5) is 19.5. The molecule has 0 spiro atoms. The van der Waals surface area contributed by atoms with Gasteiger partial charge in [0.2, 0.25) is 5.91 Å². The minimum absolute atomic E-state index is 0.0152. The highest BCUT2D eigenvalue weighted by atomic mass is 32.1. The van der Waals surface area contributed by atoms with E-state index >= 15 is 0 Å². The number of aliphatic hydroxyl groups is 1. The van der Waals surface area contributed by atoms with Gasteiger partial charge in [0.15, 0.2) is 5.13 Å². The van der Waals surface area contributed by atoms with Crippen LogP contribution in [0, 0.1) is 11.8 Å². The maximum Gasteiger partial charge on any atom is 0.224 e. The van der Waals surface area contributed by atoms with Crippen LogP contribution in [0.2, 0.25) is 0 Å². The third-order valence-corrected chi connectivity index (χ3v) is 7.34. The van der Waals surface area contributed by atoms with E-state index in [1.807, 2.05) is 37.0 Å². The van der Waals surface area contributed by atoms with Crippen LogP contribution in [0.3, 0.4) is 0 Å². The van der Waals surface area contributed by atoms with Gasteiger partial charge in [-0.05, 0) is 36.3 Å². The number of carbonyl (C=O) groups is 1. The summed E-state index contributed by atoms with van der Waals surface area (Å²) in [6, 6.07) is 7.97. The van der Waals surface area contributed by atoms with E-state index < -0.39 is 6.10 Å². The molecule has 3 heterocycles. The van der Waals surface area contributed by atoms with Crippen molar-refractivity contribution in [3.8, 4) is 0 Å². The molecule has 2 N–H and O–H groups in total. The number of fused-ring (bicyclic) bond motifs is 2. The molecule has 7 heteroatoms. The number of thiazole rings is 1. The first kappa shape index (κ1) is 18.6. The van der Waals surface area contributed by atoms with E-state index in [1.165, 1.54) is 0 Å². The van der Waals surface area contributed by atoms with Crippen molar-refractivity contribution in [3.63, 3.8) is 0 Å². The van der Waals surface area contributed by atoms with Crippen LogP contribution >= 0.6 is 11.3 Å². The van der Waals surface area contributed by atoms with Crippen molar-refractivity contribution in [2.45, 2.75) is 31.4 Å². The average Bonchev–Trinajstić information content (AvgIpc) is 3.42. The molecule has 5 rings (SSSR count). The Hall–Kier alpha value is -2.38. The Kier molecular flexibility index (Phi) is 4.80. The molecule has 1 aromatic carbocycles. The minimum Gasteiger partial charge on any atom is -0.391 e. The van der Waals surface area contributed by atoms with Crippen LogP contribution in [-0.4, -0.2) is 45.8 Å². The Bertz CT molecular complexity index is 1020. The molecule has 1 aliphatic carbocycles. The topological polar surface area (TPSA) is 70.4 Å². The summed E-state index contributed by atoms with van der Waals surface area (Å²) in [5.74, 6) is 0.948. The van der Waals surface area contributed by atoms with Crippen LogP contribution in [-0.2, 0) is 18.3 Å². The number of hydrogen-bond donors (Lipinski definition) is 2. The molecule has 1 amide bonds. The molecule has 4 atom stereocenters. The van der Waals surface area contributed by atoms with Gasteiger partial charge in [0.1, 0.15) is 0 Å². The second-order valence-corrected chi connectivity index (χ2v) is 9.28.